The van der Waals surface area contributed by atoms with Gasteiger partial charge in [-0.15, -0.1) is 0 Å². The number of amides is 3. The Hall–Kier alpha value is -4.37. The summed E-state index contributed by atoms with van der Waals surface area (Å²) in [5.41, 5.74) is 3.96. The molecule has 3 aromatic carbocycles. The summed E-state index contributed by atoms with van der Waals surface area (Å²) in [6.07, 6.45) is 0.787. The van der Waals surface area contributed by atoms with Crippen LogP contribution in [0.25, 0.3) is 0 Å². The second-order valence-corrected chi connectivity index (χ2v) is 10.1. The van der Waals surface area contributed by atoms with Gasteiger partial charge in [0.05, 0.1) is 25.3 Å². The molecule has 0 aromatic heterocycles. The van der Waals surface area contributed by atoms with Crippen LogP contribution >= 0.6 is 0 Å². The number of carbonyl (C=O) groups is 3. The van der Waals surface area contributed by atoms with Crippen molar-refractivity contribution in [2.45, 2.75) is 38.8 Å². The molecule has 0 aliphatic carbocycles. The van der Waals surface area contributed by atoms with Gasteiger partial charge in [-0.3, -0.25) is 14.5 Å². The van der Waals surface area contributed by atoms with Gasteiger partial charge in [0.25, 0.3) is 0 Å². The Morgan fingerprint density at radius 3 is 2.35 bits per heavy atom. The second-order valence-electron chi connectivity index (χ2n) is 10.1. The van der Waals surface area contributed by atoms with E-state index >= 15 is 0 Å². The van der Waals surface area contributed by atoms with E-state index in [0.717, 1.165) is 23.1 Å². The zero-order valence-corrected chi connectivity index (χ0v) is 23.0. The number of ether oxygens (including phenoxy) is 1. The monoisotopic (exact) mass is 544 g/mol. The van der Waals surface area contributed by atoms with E-state index < -0.39 is 12.0 Å². The first kappa shape index (κ1) is 28.6. The van der Waals surface area contributed by atoms with Crippen LogP contribution in [0.2, 0.25) is 0 Å². The Morgan fingerprint density at radius 1 is 0.975 bits per heavy atom. The fourth-order valence-corrected chi connectivity index (χ4v) is 5.35. The van der Waals surface area contributed by atoms with Crippen molar-refractivity contribution >= 4 is 29.3 Å². The van der Waals surface area contributed by atoms with E-state index in [4.69, 9.17) is 4.74 Å². The minimum absolute atomic E-state index is 0.000294. The van der Waals surface area contributed by atoms with Crippen molar-refractivity contribution in [1.82, 2.24) is 10.2 Å². The number of aryl methyl sites for hydroxylation is 1. The van der Waals surface area contributed by atoms with Gasteiger partial charge in [-0.05, 0) is 60.7 Å². The zero-order valence-electron chi connectivity index (χ0n) is 23.0. The smallest absolute Gasteiger partial charge is 0.323 e. The van der Waals surface area contributed by atoms with E-state index in [1.165, 1.54) is 14.0 Å². The van der Waals surface area contributed by atoms with E-state index in [-0.39, 0.29) is 30.3 Å². The lowest BCUT2D eigenvalue weighted by Crippen LogP contribution is -2.34. The molecule has 40 heavy (non-hydrogen) atoms. The van der Waals surface area contributed by atoms with Gasteiger partial charge in [0.15, 0.2) is 0 Å². The third-order valence-electron chi connectivity index (χ3n) is 7.31. The Morgan fingerprint density at radius 2 is 1.68 bits per heavy atom. The molecule has 1 aliphatic heterocycles. The second kappa shape index (κ2) is 13.1. The highest BCUT2D eigenvalue weighted by molar-refractivity contribution is 6.01. The van der Waals surface area contributed by atoms with Crippen LogP contribution in [0.3, 0.4) is 0 Å². The van der Waals surface area contributed by atoms with Gasteiger partial charge in [-0.25, -0.2) is 4.79 Å². The van der Waals surface area contributed by atoms with Gasteiger partial charge < -0.3 is 25.8 Å². The summed E-state index contributed by atoms with van der Waals surface area (Å²) in [7, 11) is 1.53. The van der Waals surface area contributed by atoms with Gasteiger partial charge in [-0.2, -0.15) is 0 Å². The third kappa shape index (κ3) is 7.18. The van der Waals surface area contributed by atoms with E-state index in [1.807, 2.05) is 73.7 Å². The number of hydrogen-bond acceptors (Lipinski definition) is 5. The minimum atomic E-state index is -0.852. The highest BCUT2D eigenvalue weighted by Crippen LogP contribution is 2.38. The maximum Gasteiger partial charge on any atom is 0.323 e. The minimum Gasteiger partial charge on any atom is -0.495 e. The van der Waals surface area contributed by atoms with E-state index in [1.54, 1.807) is 6.07 Å². The molecule has 3 unspecified atom stereocenters. The van der Waals surface area contributed by atoms with E-state index in [9.17, 15) is 19.5 Å². The Balaban J connectivity index is 1.53. The SMILES string of the molecule is COc1cc(C(NC(C)=O)C2CCN(C(CC(=O)O)c3ccccc3)C2)ccc1NC(=O)Nc1ccccc1C. The third-order valence-corrected chi connectivity index (χ3v) is 7.31. The molecule has 0 saturated carbocycles. The highest BCUT2D eigenvalue weighted by Gasteiger charge is 2.35. The van der Waals surface area contributed by atoms with Gasteiger partial charge in [0.2, 0.25) is 5.91 Å². The van der Waals surface area contributed by atoms with Crippen LogP contribution in [-0.4, -0.2) is 48.1 Å². The first-order chi connectivity index (χ1) is 19.2. The Labute approximate surface area is 234 Å². The summed E-state index contributed by atoms with van der Waals surface area (Å²) in [6.45, 7) is 4.74. The van der Waals surface area contributed by atoms with Crippen LogP contribution in [0.15, 0.2) is 72.8 Å². The largest absolute Gasteiger partial charge is 0.495 e. The van der Waals surface area contributed by atoms with Gasteiger partial charge in [0, 0.05) is 25.2 Å². The number of anilines is 2. The predicted octanol–water partition coefficient (Wildman–Crippen LogP) is 5.36. The number of aliphatic carboxylic acids is 1. The molecule has 210 valence electrons. The molecule has 3 aromatic rings. The van der Waals surface area contributed by atoms with Crippen LogP contribution in [0.1, 0.15) is 48.5 Å². The number of hydrogen-bond donors (Lipinski definition) is 4. The van der Waals surface area contributed by atoms with Crippen molar-refractivity contribution in [2.24, 2.45) is 5.92 Å². The van der Waals surface area contributed by atoms with Gasteiger partial charge in [0.1, 0.15) is 5.75 Å². The first-order valence-corrected chi connectivity index (χ1v) is 13.3. The fourth-order valence-electron chi connectivity index (χ4n) is 5.35. The summed E-state index contributed by atoms with van der Waals surface area (Å²) in [5, 5.41) is 18.4. The quantitative estimate of drug-likeness (QED) is 0.273. The van der Waals surface area contributed by atoms with Crippen LogP contribution in [0, 0.1) is 12.8 Å². The van der Waals surface area contributed by atoms with Crippen LogP contribution in [0.4, 0.5) is 16.2 Å². The molecule has 9 nitrogen and oxygen atoms in total. The molecule has 1 aliphatic rings. The summed E-state index contributed by atoms with van der Waals surface area (Å²) in [6, 6.07) is 21.7. The number of likely N-dealkylation sites (tertiary alicyclic amines) is 1. The van der Waals surface area contributed by atoms with Crippen LogP contribution in [0.5, 0.6) is 5.75 Å². The molecule has 4 rings (SSSR count). The molecule has 0 bridgehead atoms. The molecule has 9 heteroatoms. The lowest BCUT2D eigenvalue weighted by molar-refractivity contribution is -0.138. The number of nitrogens with one attached hydrogen (secondary N) is 3. The van der Waals surface area contributed by atoms with Crippen molar-refractivity contribution in [3.05, 3.63) is 89.5 Å². The van der Waals surface area contributed by atoms with Crippen molar-refractivity contribution in [3.63, 3.8) is 0 Å². The van der Waals surface area contributed by atoms with Crippen LogP contribution < -0.4 is 20.7 Å². The molecule has 0 radical (unpaired) electrons. The number of carboxylic acids is 1. The average molecular weight is 545 g/mol. The van der Waals surface area contributed by atoms with Crippen molar-refractivity contribution in [2.75, 3.05) is 30.8 Å². The normalized spacial score (nSPS) is 16.5. The summed E-state index contributed by atoms with van der Waals surface area (Å²) >= 11 is 0. The number of benzene rings is 3. The lowest BCUT2D eigenvalue weighted by atomic mass is 9.91. The van der Waals surface area contributed by atoms with Crippen molar-refractivity contribution < 1.29 is 24.2 Å². The molecular weight excluding hydrogens is 508 g/mol. The number of carboxylic acid groups (broad SMARTS) is 1. The number of rotatable bonds is 10. The average Bonchev–Trinajstić information content (AvgIpc) is 3.42. The number of para-hydroxylation sites is 1. The van der Waals surface area contributed by atoms with Crippen LogP contribution in [-0.2, 0) is 9.59 Å². The molecule has 0 spiro atoms. The molecule has 1 saturated heterocycles. The first-order valence-electron chi connectivity index (χ1n) is 13.3. The molecule has 1 heterocycles. The van der Waals surface area contributed by atoms with E-state index in [0.29, 0.717) is 30.2 Å². The summed E-state index contributed by atoms with van der Waals surface area (Å²) in [5.74, 6) is -0.491. The fraction of sp³-hybridized carbons (Fsp3) is 0.323. The maximum atomic E-state index is 12.7. The molecule has 1 fully saturated rings. The predicted molar refractivity (Wildman–Crippen MR) is 154 cm³/mol. The van der Waals surface area contributed by atoms with Crippen molar-refractivity contribution in [3.8, 4) is 5.75 Å². The Bertz CT molecular complexity index is 1350. The number of urea groups is 1. The van der Waals surface area contributed by atoms with Gasteiger partial charge >= 0.3 is 12.0 Å². The molecular formula is C31H36N4O5. The van der Waals surface area contributed by atoms with Crippen molar-refractivity contribution in [1.29, 1.82) is 0 Å². The summed E-state index contributed by atoms with van der Waals surface area (Å²) in [4.78, 5) is 38.8. The topological polar surface area (TPSA) is 120 Å². The summed E-state index contributed by atoms with van der Waals surface area (Å²) < 4.78 is 5.61. The molecule has 3 atom stereocenters. The standard InChI is InChI=1S/C31H36N4O5/c1-20-9-7-8-12-25(20)33-31(39)34-26-14-13-23(17-28(26)40-3)30(32-21(2)36)24-15-16-35(19-24)27(18-29(37)38)22-10-5-4-6-11-22/h4-14,17,24,27,30H,15-16,18-19H2,1-3H3,(H,32,36)(H,37,38)(H2,33,34,39). The Kier molecular flexibility index (Phi) is 9.39. The number of methoxy groups -OCH3 is 1. The molecule has 3 amide bonds. The zero-order chi connectivity index (χ0) is 28.6. The highest BCUT2D eigenvalue weighted by atomic mass is 16.5. The number of carbonyl (C=O) groups excluding carboxylic acids is 2. The maximum absolute atomic E-state index is 12.7. The molecule has 4 N–H and O–H groups in total. The van der Waals surface area contributed by atoms with E-state index in [2.05, 4.69) is 20.9 Å². The number of nitrogens with zero attached hydrogens (tertiary/aromatic N) is 1. The van der Waals surface area contributed by atoms with Gasteiger partial charge in [-0.1, -0.05) is 54.6 Å². The lowest BCUT2D eigenvalue weighted by Gasteiger charge is -2.29.